The smallest absolute Gasteiger partial charge is 0.0989 e. The Kier molecular flexibility index (Phi) is 3.51. The second-order valence-electron chi connectivity index (χ2n) is 9.79. The Hall–Kier alpha value is -1.09. The summed E-state index contributed by atoms with van der Waals surface area (Å²) < 4.78 is 2.24. The molecule has 4 aliphatic rings. The van der Waals surface area contributed by atoms with Gasteiger partial charge in [0.25, 0.3) is 0 Å². The highest BCUT2D eigenvalue weighted by molar-refractivity contribution is 5.56. The van der Waals surface area contributed by atoms with E-state index in [1.54, 1.807) is 0 Å². The molecule has 1 aromatic rings. The van der Waals surface area contributed by atoms with Crippen LogP contribution in [0, 0.1) is 34.5 Å². The molecule has 4 unspecified atom stereocenters. The van der Waals surface area contributed by atoms with Crippen molar-refractivity contribution in [2.45, 2.75) is 71.3 Å². The van der Waals surface area contributed by atoms with Gasteiger partial charge >= 0.3 is 0 Å². The topological polar surface area (TPSA) is 38.0 Å². The molecule has 25 heavy (non-hydrogen) atoms. The first kappa shape index (κ1) is 16.1. The molecule has 1 aromatic heterocycles. The van der Waals surface area contributed by atoms with E-state index in [1.807, 2.05) is 12.5 Å². The molecule has 3 fully saturated rings. The fourth-order valence-corrected chi connectivity index (χ4v) is 7.70. The largest absolute Gasteiger partial charge is 0.393 e. The van der Waals surface area contributed by atoms with Crippen molar-refractivity contribution in [3.63, 3.8) is 0 Å². The summed E-state index contributed by atoms with van der Waals surface area (Å²) in [5.41, 5.74) is 2.08. The second-order valence-corrected chi connectivity index (χ2v) is 9.79. The molecule has 0 radical (unpaired) electrons. The van der Waals surface area contributed by atoms with Gasteiger partial charge in [-0.1, -0.05) is 32.8 Å². The highest BCUT2D eigenvalue weighted by Gasteiger charge is 2.60. The lowest BCUT2D eigenvalue weighted by Gasteiger charge is -2.61. The molecule has 3 nitrogen and oxygen atoms in total. The molecule has 0 spiro atoms. The zero-order valence-corrected chi connectivity index (χ0v) is 15.7. The number of aliphatic hydroxyl groups is 1. The normalized spacial score (nSPS) is 49.1. The van der Waals surface area contributed by atoms with Crippen LogP contribution in [0.2, 0.25) is 0 Å². The van der Waals surface area contributed by atoms with Crippen molar-refractivity contribution >= 4 is 5.70 Å². The summed E-state index contributed by atoms with van der Waals surface area (Å²) >= 11 is 0. The molecular weight excluding hydrogens is 308 g/mol. The summed E-state index contributed by atoms with van der Waals surface area (Å²) in [5.74, 6) is 2.74. The Bertz CT molecular complexity index is 680. The van der Waals surface area contributed by atoms with Gasteiger partial charge in [0.2, 0.25) is 0 Å². The van der Waals surface area contributed by atoms with E-state index in [4.69, 9.17) is 0 Å². The molecule has 3 heteroatoms. The molecule has 0 bridgehead atoms. The minimum absolute atomic E-state index is 0.0776. The maximum absolute atomic E-state index is 11.0. The number of allylic oxidation sites excluding steroid dienone is 2. The Morgan fingerprint density at radius 3 is 2.80 bits per heavy atom. The van der Waals surface area contributed by atoms with Crippen molar-refractivity contribution < 1.29 is 5.11 Å². The summed E-state index contributed by atoms with van der Waals surface area (Å²) in [6.45, 7) is 5.01. The zero-order chi connectivity index (χ0) is 17.2. The summed E-state index contributed by atoms with van der Waals surface area (Å²) in [7, 11) is 0. The monoisotopic (exact) mass is 340 g/mol. The van der Waals surface area contributed by atoms with E-state index in [-0.39, 0.29) is 11.5 Å². The summed E-state index contributed by atoms with van der Waals surface area (Å²) in [6, 6.07) is 0. The molecule has 0 aromatic carbocycles. The number of rotatable bonds is 1. The van der Waals surface area contributed by atoms with Crippen molar-refractivity contribution in [3.05, 3.63) is 24.8 Å². The molecule has 0 aliphatic heterocycles. The van der Waals surface area contributed by atoms with Crippen LogP contribution in [0.4, 0.5) is 0 Å². The number of nitrogens with zero attached hydrogens (tertiary/aromatic N) is 2. The second kappa shape index (κ2) is 5.45. The van der Waals surface area contributed by atoms with E-state index in [1.165, 1.54) is 50.6 Å². The lowest BCUT2D eigenvalue weighted by molar-refractivity contribution is -0.149. The molecular formula is C22H32N2O. The average molecular weight is 341 g/mol. The van der Waals surface area contributed by atoms with Crippen LogP contribution in [0.3, 0.4) is 0 Å². The van der Waals surface area contributed by atoms with Crippen molar-refractivity contribution in [1.29, 1.82) is 0 Å². The first-order valence-corrected chi connectivity index (χ1v) is 10.4. The Balaban J connectivity index is 1.49. The van der Waals surface area contributed by atoms with Gasteiger partial charge in [0.05, 0.1) is 12.4 Å². The van der Waals surface area contributed by atoms with Gasteiger partial charge in [0.15, 0.2) is 0 Å². The quantitative estimate of drug-likeness (QED) is 0.802. The van der Waals surface area contributed by atoms with Gasteiger partial charge in [0.1, 0.15) is 0 Å². The van der Waals surface area contributed by atoms with E-state index in [0.29, 0.717) is 23.2 Å². The van der Waals surface area contributed by atoms with Crippen LogP contribution in [0.15, 0.2) is 24.8 Å². The van der Waals surface area contributed by atoms with Crippen molar-refractivity contribution in [3.8, 4) is 0 Å². The molecule has 0 saturated heterocycles. The van der Waals surface area contributed by atoms with Crippen LogP contribution in [0.5, 0.6) is 0 Å². The molecule has 0 amide bonds. The number of aliphatic hydroxyl groups excluding tert-OH is 1. The molecule has 136 valence electrons. The van der Waals surface area contributed by atoms with Crippen molar-refractivity contribution in [2.24, 2.45) is 34.5 Å². The molecule has 4 aliphatic carbocycles. The van der Waals surface area contributed by atoms with Crippen molar-refractivity contribution in [1.82, 2.24) is 9.55 Å². The number of aromatic nitrogens is 2. The fourth-order valence-electron chi connectivity index (χ4n) is 7.70. The lowest BCUT2D eigenvalue weighted by atomic mass is 9.44. The van der Waals surface area contributed by atoms with Gasteiger partial charge in [-0.3, -0.25) is 0 Å². The van der Waals surface area contributed by atoms with Gasteiger partial charge in [-0.15, -0.1) is 0 Å². The van der Waals surface area contributed by atoms with E-state index in [0.717, 1.165) is 12.3 Å². The van der Waals surface area contributed by atoms with Crippen LogP contribution < -0.4 is 0 Å². The minimum Gasteiger partial charge on any atom is -0.393 e. The zero-order valence-electron chi connectivity index (χ0n) is 15.7. The maximum Gasteiger partial charge on any atom is 0.0989 e. The van der Waals surface area contributed by atoms with Crippen LogP contribution in [0.1, 0.15) is 65.2 Å². The third kappa shape index (κ3) is 2.11. The van der Waals surface area contributed by atoms with Crippen LogP contribution in [0.25, 0.3) is 5.70 Å². The van der Waals surface area contributed by atoms with E-state index < -0.39 is 0 Å². The lowest BCUT2D eigenvalue weighted by Crippen LogP contribution is -2.56. The average Bonchev–Trinajstić information content (AvgIpc) is 3.21. The molecule has 1 heterocycles. The highest BCUT2D eigenvalue weighted by Crippen LogP contribution is 2.66. The first-order valence-electron chi connectivity index (χ1n) is 10.4. The molecule has 5 rings (SSSR count). The van der Waals surface area contributed by atoms with Crippen LogP contribution in [-0.2, 0) is 0 Å². The van der Waals surface area contributed by atoms with Gasteiger partial charge in [-0.05, 0) is 67.6 Å². The van der Waals surface area contributed by atoms with Crippen LogP contribution in [-0.4, -0.2) is 20.8 Å². The number of fused-ring (bicyclic) bond motifs is 5. The Morgan fingerprint density at radius 2 is 2.00 bits per heavy atom. The van der Waals surface area contributed by atoms with Crippen LogP contribution >= 0.6 is 0 Å². The summed E-state index contributed by atoms with van der Waals surface area (Å²) in [5, 5.41) is 11.0. The Labute approximate surface area is 151 Å². The maximum atomic E-state index is 11.0. The predicted octanol–water partition coefficient (Wildman–Crippen LogP) is 4.74. The van der Waals surface area contributed by atoms with Gasteiger partial charge in [0, 0.05) is 23.5 Å². The first-order chi connectivity index (χ1) is 12.0. The van der Waals surface area contributed by atoms with Gasteiger partial charge < -0.3 is 9.67 Å². The SMILES string of the molecule is C[C@]12CCCCC1C(O)C[C@@H]1C2CC[C@]2(C)C(n3ccnc3)=CCC12. The molecule has 3 saturated carbocycles. The third-order valence-corrected chi connectivity index (χ3v) is 8.91. The summed E-state index contributed by atoms with van der Waals surface area (Å²) in [4.78, 5) is 4.28. The molecule has 1 N–H and O–H groups in total. The predicted molar refractivity (Wildman–Crippen MR) is 99.6 cm³/mol. The fraction of sp³-hybridized carbons (Fsp3) is 0.773. The number of hydrogen-bond donors (Lipinski definition) is 1. The number of imidazole rings is 1. The minimum atomic E-state index is -0.0776. The van der Waals surface area contributed by atoms with Crippen molar-refractivity contribution in [2.75, 3.05) is 0 Å². The molecule has 7 atom stereocenters. The number of hydrogen-bond acceptors (Lipinski definition) is 2. The van der Waals surface area contributed by atoms with Gasteiger partial charge in [-0.2, -0.15) is 0 Å². The summed E-state index contributed by atoms with van der Waals surface area (Å²) in [6.07, 6.45) is 18.5. The standard InChI is InChI=1S/C22H32N2O/c1-21-9-4-3-5-18(21)19(25)13-15-16-6-7-20(24-12-11-23-14-24)22(16,2)10-8-17(15)21/h7,11-12,14-19,25H,3-6,8-10,13H2,1-2H3/t15-,16?,17?,18?,19?,21+,22-/m0/s1. The third-order valence-electron chi connectivity index (χ3n) is 8.91. The Morgan fingerprint density at radius 1 is 1.12 bits per heavy atom. The van der Waals surface area contributed by atoms with E-state index >= 15 is 0 Å². The van der Waals surface area contributed by atoms with E-state index in [2.05, 4.69) is 35.7 Å². The van der Waals surface area contributed by atoms with Gasteiger partial charge in [-0.25, -0.2) is 4.98 Å². The van der Waals surface area contributed by atoms with E-state index in [9.17, 15) is 5.11 Å². The highest BCUT2D eigenvalue weighted by atomic mass is 16.3.